The van der Waals surface area contributed by atoms with Crippen molar-refractivity contribution in [3.8, 4) is 0 Å². The van der Waals surface area contributed by atoms with Crippen molar-refractivity contribution in [1.29, 1.82) is 0 Å². The van der Waals surface area contributed by atoms with Crippen LogP contribution in [0.1, 0.15) is 37.3 Å². The van der Waals surface area contributed by atoms with Crippen molar-refractivity contribution in [2.75, 3.05) is 5.73 Å². The number of nitrogen functional groups attached to an aromatic ring is 1. The van der Waals surface area contributed by atoms with Crippen LogP contribution in [-0.4, -0.2) is 12.2 Å². The summed E-state index contributed by atoms with van der Waals surface area (Å²) in [5, 5.41) is 0. The second kappa shape index (κ2) is 4.31. The van der Waals surface area contributed by atoms with Crippen molar-refractivity contribution in [2.45, 2.75) is 43.9 Å². The monoisotopic (exact) mass is 232 g/mol. The maximum Gasteiger partial charge on any atom is 0.0844 e. The molecule has 0 amide bonds. The van der Waals surface area contributed by atoms with E-state index in [-0.39, 0.29) is 6.04 Å². The molecular weight excluding hydrogens is 212 g/mol. The molecule has 17 heavy (non-hydrogen) atoms. The standard InChI is InChI=1S/C14H20N2O/c15-11-3-1-2-10(8-11)12(16)6-9-4-5-13-14(7-9)17-13/h1-3,8-9,12-14H,4-7,15-16H2. The molecule has 4 unspecified atom stereocenters. The molecule has 0 spiro atoms. The molecule has 92 valence electrons. The van der Waals surface area contributed by atoms with Crippen molar-refractivity contribution in [3.63, 3.8) is 0 Å². The lowest BCUT2D eigenvalue weighted by molar-refractivity contribution is 0.336. The van der Waals surface area contributed by atoms with Crippen LogP contribution in [0, 0.1) is 5.92 Å². The van der Waals surface area contributed by atoms with E-state index in [2.05, 4.69) is 6.07 Å². The molecule has 2 fully saturated rings. The SMILES string of the molecule is Nc1cccc(C(N)CC2CCC3OC3C2)c1. The Morgan fingerprint density at radius 2 is 2.18 bits per heavy atom. The fourth-order valence-electron chi connectivity index (χ4n) is 2.99. The first-order chi connectivity index (χ1) is 8.22. The van der Waals surface area contributed by atoms with Crippen LogP contribution in [0.2, 0.25) is 0 Å². The van der Waals surface area contributed by atoms with E-state index >= 15 is 0 Å². The van der Waals surface area contributed by atoms with Crippen LogP contribution in [0.15, 0.2) is 24.3 Å². The molecule has 3 rings (SSSR count). The fraction of sp³-hybridized carbons (Fsp3) is 0.571. The topological polar surface area (TPSA) is 64.6 Å². The summed E-state index contributed by atoms with van der Waals surface area (Å²) in [5.41, 5.74) is 14.0. The Balaban J connectivity index is 1.60. The summed E-state index contributed by atoms with van der Waals surface area (Å²) in [6, 6.07) is 8.05. The molecule has 1 saturated heterocycles. The predicted octanol–water partition coefficient (Wildman–Crippen LogP) is 2.23. The van der Waals surface area contributed by atoms with E-state index in [9.17, 15) is 0 Å². The zero-order chi connectivity index (χ0) is 11.8. The Kier molecular flexibility index (Phi) is 2.81. The summed E-state index contributed by atoms with van der Waals surface area (Å²) < 4.78 is 5.55. The van der Waals surface area contributed by atoms with Gasteiger partial charge in [-0.25, -0.2) is 0 Å². The van der Waals surface area contributed by atoms with Gasteiger partial charge in [0.15, 0.2) is 0 Å². The van der Waals surface area contributed by atoms with E-state index in [0.717, 1.165) is 23.6 Å². The van der Waals surface area contributed by atoms with Crippen LogP contribution in [0.5, 0.6) is 0 Å². The van der Waals surface area contributed by atoms with E-state index in [1.165, 1.54) is 19.3 Å². The zero-order valence-electron chi connectivity index (χ0n) is 10.0. The quantitative estimate of drug-likeness (QED) is 0.620. The van der Waals surface area contributed by atoms with Gasteiger partial charge in [0.05, 0.1) is 12.2 Å². The summed E-state index contributed by atoms with van der Waals surface area (Å²) >= 11 is 0. The maximum atomic E-state index is 6.26. The first-order valence-electron chi connectivity index (χ1n) is 6.49. The summed E-state index contributed by atoms with van der Waals surface area (Å²) in [7, 11) is 0. The minimum Gasteiger partial charge on any atom is -0.399 e. The van der Waals surface area contributed by atoms with Crippen LogP contribution in [0.25, 0.3) is 0 Å². The number of benzene rings is 1. The molecule has 1 aromatic carbocycles. The molecule has 0 aromatic heterocycles. The molecule has 0 radical (unpaired) electrons. The summed E-state index contributed by atoms with van der Waals surface area (Å²) in [4.78, 5) is 0. The molecule has 1 aliphatic carbocycles. The van der Waals surface area contributed by atoms with Crippen LogP contribution in [0.3, 0.4) is 0 Å². The first-order valence-corrected chi connectivity index (χ1v) is 6.49. The van der Waals surface area contributed by atoms with Gasteiger partial charge in [0.2, 0.25) is 0 Å². The third kappa shape index (κ3) is 2.45. The second-order valence-electron chi connectivity index (χ2n) is 5.40. The van der Waals surface area contributed by atoms with Crippen molar-refractivity contribution < 1.29 is 4.74 Å². The van der Waals surface area contributed by atoms with Crippen LogP contribution < -0.4 is 11.5 Å². The van der Waals surface area contributed by atoms with Gasteiger partial charge in [0.1, 0.15) is 0 Å². The van der Waals surface area contributed by atoms with E-state index < -0.39 is 0 Å². The molecular formula is C14H20N2O. The molecule has 2 aliphatic rings. The van der Waals surface area contributed by atoms with Crippen molar-refractivity contribution in [2.24, 2.45) is 11.7 Å². The normalized spacial score (nSPS) is 32.9. The van der Waals surface area contributed by atoms with E-state index in [0.29, 0.717) is 12.2 Å². The Labute approximate surface area is 102 Å². The molecule has 1 saturated carbocycles. The third-order valence-corrected chi connectivity index (χ3v) is 4.04. The molecule has 1 heterocycles. The number of fused-ring (bicyclic) bond motifs is 1. The predicted molar refractivity (Wildman–Crippen MR) is 68.4 cm³/mol. The average molecular weight is 232 g/mol. The minimum atomic E-state index is 0.110. The summed E-state index contributed by atoms with van der Waals surface area (Å²) in [5.74, 6) is 0.718. The molecule has 3 heteroatoms. The van der Waals surface area contributed by atoms with Gasteiger partial charge in [0.25, 0.3) is 0 Å². The number of ether oxygens (including phenoxy) is 1. The Bertz CT molecular complexity index is 407. The molecule has 4 N–H and O–H groups in total. The number of epoxide rings is 1. The van der Waals surface area contributed by atoms with Crippen molar-refractivity contribution >= 4 is 5.69 Å². The molecule has 0 bridgehead atoms. The number of anilines is 1. The Hall–Kier alpha value is -1.06. The van der Waals surface area contributed by atoms with Crippen molar-refractivity contribution in [1.82, 2.24) is 0 Å². The highest BCUT2D eigenvalue weighted by Gasteiger charge is 2.43. The first kappa shape index (κ1) is 11.1. The minimum absolute atomic E-state index is 0.110. The highest BCUT2D eigenvalue weighted by molar-refractivity contribution is 5.41. The highest BCUT2D eigenvalue weighted by atomic mass is 16.6. The highest BCUT2D eigenvalue weighted by Crippen LogP contribution is 2.42. The van der Waals surface area contributed by atoms with Crippen LogP contribution in [0.4, 0.5) is 5.69 Å². The van der Waals surface area contributed by atoms with Gasteiger partial charge in [-0.3, -0.25) is 0 Å². The van der Waals surface area contributed by atoms with Gasteiger partial charge < -0.3 is 16.2 Å². The largest absolute Gasteiger partial charge is 0.399 e. The van der Waals surface area contributed by atoms with Crippen LogP contribution >= 0.6 is 0 Å². The van der Waals surface area contributed by atoms with Gasteiger partial charge in [-0.05, 0) is 49.3 Å². The number of rotatable bonds is 3. The van der Waals surface area contributed by atoms with Gasteiger partial charge in [0, 0.05) is 11.7 Å². The zero-order valence-corrected chi connectivity index (χ0v) is 10.0. The van der Waals surface area contributed by atoms with Gasteiger partial charge in [-0.15, -0.1) is 0 Å². The van der Waals surface area contributed by atoms with Gasteiger partial charge >= 0.3 is 0 Å². The molecule has 1 aromatic rings. The number of nitrogens with two attached hydrogens (primary N) is 2. The van der Waals surface area contributed by atoms with Gasteiger partial charge in [-0.2, -0.15) is 0 Å². The number of hydrogen-bond donors (Lipinski definition) is 2. The van der Waals surface area contributed by atoms with E-state index in [4.69, 9.17) is 16.2 Å². The summed E-state index contributed by atoms with van der Waals surface area (Å²) in [6.07, 6.45) is 5.85. The Morgan fingerprint density at radius 3 is 2.94 bits per heavy atom. The van der Waals surface area contributed by atoms with Crippen LogP contribution in [-0.2, 0) is 4.74 Å². The van der Waals surface area contributed by atoms with Crippen molar-refractivity contribution in [3.05, 3.63) is 29.8 Å². The third-order valence-electron chi connectivity index (χ3n) is 4.04. The lowest BCUT2D eigenvalue weighted by Gasteiger charge is -2.22. The lowest BCUT2D eigenvalue weighted by Crippen LogP contribution is -2.20. The lowest BCUT2D eigenvalue weighted by atomic mass is 9.83. The smallest absolute Gasteiger partial charge is 0.0844 e. The molecule has 3 nitrogen and oxygen atoms in total. The van der Waals surface area contributed by atoms with E-state index in [1.54, 1.807) is 0 Å². The maximum absolute atomic E-state index is 6.26. The second-order valence-corrected chi connectivity index (χ2v) is 5.40. The fourth-order valence-corrected chi connectivity index (χ4v) is 2.99. The Morgan fingerprint density at radius 1 is 1.29 bits per heavy atom. The average Bonchev–Trinajstić information content (AvgIpc) is 3.07. The number of hydrogen-bond acceptors (Lipinski definition) is 3. The van der Waals surface area contributed by atoms with E-state index in [1.807, 2.05) is 18.2 Å². The molecule has 1 aliphatic heterocycles. The summed E-state index contributed by atoms with van der Waals surface area (Å²) in [6.45, 7) is 0. The van der Waals surface area contributed by atoms with Gasteiger partial charge in [-0.1, -0.05) is 12.1 Å². The molecule has 4 atom stereocenters.